The van der Waals surface area contributed by atoms with Gasteiger partial charge >= 0.3 is 0 Å². The van der Waals surface area contributed by atoms with Gasteiger partial charge in [-0.1, -0.05) is 30.3 Å². The van der Waals surface area contributed by atoms with E-state index in [1.807, 2.05) is 11.3 Å². The fourth-order valence-electron chi connectivity index (χ4n) is 2.86. The Bertz CT molecular complexity index is 540. The van der Waals surface area contributed by atoms with Crippen LogP contribution in [0.15, 0.2) is 41.8 Å². The van der Waals surface area contributed by atoms with E-state index in [4.69, 9.17) is 5.73 Å². The van der Waals surface area contributed by atoms with Gasteiger partial charge < -0.3 is 5.73 Å². The summed E-state index contributed by atoms with van der Waals surface area (Å²) in [7, 11) is 0. The van der Waals surface area contributed by atoms with E-state index < -0.39 is 0 Å². The largest absolute Gasteiger partial charge is 0.326 e. The second-order valence-electron chi connectivity index (χ2n) is 5.40. The highest BCUT2D eigenvalue weighted by molar-refractivity contribution is 7.10. The minimum atomic E-state index is 0. The van der Waals surface area contributed by atoms with Gasteiger partial charge in [-0.05, 0) is 29.5 Å². The van der Waals surface area contributed by atoms with Crippen molar-refractivity contribution < 1.29 is 0 Å². The van der Waals surface area contributed by atoms with E-state index in [1.165, 1.54) is 16.0 Å². The molecule has 2 heterocycles. The summed E-state index contributed by atoms with van der Waals surface area (Å²) in [6.45, 7) is 5.30. The minimum Gasteiger partial charge on any atom is -0.326 e. The molecule has 1 saturated heterocycles. The van der Waals surface area contributed by atoms with E-state index in [2.05, 4.69) is 53.6 Å². The SMILES string of the molecule is Cc1ccsc1CN1C[C@@H](N)[C@H](c2ccccc2)C1.Cl. The van der Waals surface area contributed by atoms with Crippen molar-refractivity contribution in [3.63, 3.8) is 0 Å². The molecule has 3 rings (SSSR count). The van der Waals surface area contributed by atoms with Gasteiger partial charge in [-0.3, -0.25) is 4.90 Å². The first-order valence-corrected chi connectivity index (χ1v) is 7.68. The van der Waals surface area contributed by atoms with Crippen LogP contribution >= 0.6 is 23.7 Å². The van der Waals surface area contributed by atoms with Crippen molar-refractivity contribution in [2.45, 2.75) is 25.4 Å². The topological polar surface area (TPSA) is 29.3 Å². The molecule has 0 unspecified atom stereocenters. The number of hydrogen-bond acceptors (Lipinski definition) is 3. The summed E-state index contributed by atoms with van der Waals surface area (Å²) < 4.78 is 0. The molecular weight excluding hydrogens is 288 g/mol. The molecule has 0 radical (unpaired) electrons. The highest BCUT2D eigenvalue weighted by atomic mass is 35.5. The Morgan fingerprint density at radius 1 is 1.20 bits per heavy atom. The van der Waals surface area contributed by atoms with Crippen LogP contribution in [-0.2, 0) is 6.54 Å². The molecule has 4 heteroatoms. The van der Waals surface area contributed by atoms with E-state index in [9.17, 15) is 0 Å². The van der Waals surface area contributed by atoms with Crippen LogP contribution in [0.4, 0.5) is 0 Å². The lowest BCUT2D eigenvalue weighted by Crippen LogP contribution is -2.28. The van der Waals surface area contributed by atoms with E-state index in [1.54, 1.807) is 0 Å². The third-order valence-corrected chi connectivity index (χ3v) is 5.01. The highest BCUT2D eigenvalue weighted by Gasteiger charge is 2.31. The van der Waals surface area contributed by atoms with Gasteiger partial charge in [0.25, 0.3) is 0 Å². The van der Waals surface area contributed by atoms with Gasteiger partial charge in [-0.2, -0.15) is 0 Å². The second-order valence-corrected chi connectivity index (χ2v) is 6.40. The number of aryl methyl sites for hydroxylation is 1. The smallest absolute Gasteiger partial charge is 0.0331 e. The molecule has 20 heavy (non-hydrogen) atoms. The third-order valence-electron chi connectivity index (χ3n) is 4.00. The Morgan fingerprint density at radius 3 is 2.60 bits per heavy atom. The van der Waals surface area contributed by atoms with Crippen LogP contribution < -0.4 is 5.73 Å². The standard InChI is InChI=1S/C16H20N2S.ClH/c1-12-7-8-19-16(12)11-18-9-14(15(17)10-18)13-5-3-2-4-6-13;/h2-8,14-15H,9-11,17H2,1H3;1H/t14-,15+;/m0./s1. The molecule has 1 aliphatic rings. The van der Waals surface area contributed by atoms with Crippen molar-refractivity contribution in [1.82, 2.24) is 4.90 Å². The molecule has 0 aliphatic carbocycles. The van der Waals surface area contributed by atoms with Crippen LogP contribution in [-0.4, -0.2) is 24.0 Å². The Hall–Kier alpha value is -0.870. The van der Waals surface area contributed by atoms with Gasteiger partial charge in [0.1, 0.15) is 0 Å². The van der Waals surface area contributed by atoms with Gasteiger partial charge in [0, 0.05) is 36.5 Å². The fraction of sp³-hybridized carbons (Fsp3) is 0.375. The maximum absolute atomic E-state index is 6.33. The summed E-state index contributed by atoms with van der Waals surface area (Å²) in [5, 5.41) is 2.18. The fourth-order valence-corrected chi connectivity index (χ4v) is 3.81. The van der Waals surface area contributed by atoms with Crippen LogP contribution in [0.1, 0.15) is 21.9 Å². The van der Waals surface area contributed by atoms with Gasteiger partial charge in [0.15, 0.2) is 0 Å². The molecule has 108 valence electrons. The Labute approximate surface area is 131 Å². The number of likely N-dealkylation sites (tertiary alicyclic amines) is 1. The van der Waals surface area contributed by atoms with E-state index in [0.717, 1.165) is 19.6 Å². The Balaban J connectivity index is 0.00000147. The van der Waals surface area contributed by atoms with Crippen molar-refractivity contribution in [3.8, 4) is 0 Å². The number of hydrogen-bond donors (Lipinski definition) is 1. The van der Waals surface area contributed by atoms with Crippen molar-refractivity contribution in [3.05, 3.63) is 57.8 Å². The first-order chi connectivity index (χ1) is 9.24. The minimum absolute atomic E-state index is 0. The predicted octanol–water partition coefficient (Wildman–Crippen LogP) is 3.41. The van der Waals surface area contributed by atoms with Crippen LogP contribution in [0.2, 0.25) is 0 Å². The molecule has 0 bridgehead atoms. The molecule has 2 aromatic rings. The number of nitrogens with two attached hydrogens (primary N) is 1. The molecule has 2 atom stereocenters. The third kappa shape index (κ3) is 3.23. The number of thiophene rings is 1. The lowest BCUT2D eigenvalue weighted by atomic mass is 9.95. The summed E-state index contributed by atoms with van der Waals surface area (Å²) in [4.78, 5) is 3.96. The number of nitrogens with zero attached hydrogens (tertiary/aromatic N) is 1. The summed E-state index contributed by atoms with van der Waals surface area (Å²) in [5.41, 5.74) is 9.11. The van der Waals surface area contributed by atoms with Crippen LogP contribution in [0.3, 0.4) is 0 Å². The van der Waals surface area contributed by atoms with Crippen LogP contribution in [0.5, 0.6) is 0 Å². The van der Waals surface area contributed by atoms with Gasteiger partial charge in [-0.25, -0.2) is 0 Å². The molecule has 0 amide bonds. The van der Waals surface area contributed by atoms with Crippen LogP contribution in [0, 0.1) is 6.92 Å². The predicted molar refractivity (Wildman–Crippen MR) is 88.7 cm³/mol. The zero-order valence-corrected chi connectivity index (χ0v) is 13.3. The second kappa shape index (κ2) is 6.72. The normalized spacial score (nSPS) is 22.7. The van der Waals surface area contributed by atoms with E-state index in [-0.39, 0.29) is 18.4 Å². The molecule has 0 spiro atoms. The molecule has 0 saturated carbocycles. The van der Waals surface area contributed by atoms with Crippen molar-refractivity contribution in [1.29, 1.82) is 0 Å². The quantitative estimate of drug-likeness (QED) is 0.941. The molecule has 2 N–H and O–H groups in total. The average Bonchev–Trinajstić information content (AvgIpc) is 2.98. The number of benzene rings is 1. The van der Waals surface area contributed by atoms with Crippen molar-refractivity contribution >= 4 is 23.7 Å². The van der Waals surface area contributed by atoms with Crippen LogP contribution in [0.25, 0.3) is 0 Å². The van der Waals surface area contributed by atoms with Gasteiger partial charge in [0.2, 0.25) is 0 Å². The van der Waals surface area contributed by atoms with Crippen molar-refractivity contribution in [2.75, 3.05) is 13.1 Å². The number of rotatable bonds is 3. The van der Waals surface area contributed by atoms with E-state index >= 15 is 0 Å². The molecule has 1 aromatic carbocycles. The lowest BCUT2D eigenvalue weighted by Gasteiger charge is -2.15. The zero-order chi connectivity index (χ0) is 13.2. The average molecular weight is 309 g/mol. The highest BCUT2D eigenvalue weighted by Crippen LogP contribution is 2.28. The Kier molecular flexibility index (Phi) is 5.22. The summed E-state index contributed by atoms with van der Waals surface area (Å²) >= 11 is 1.85. The molecule has 2 nitrogen and oxygen atoms in total. The Morgan fingerprint density at radius 2 is 1.95 bits per heavy atom. The van der Waals surface area contributed by atoms with Gasteiger partial charge in [-0.15, -0.1) is 23.7 Å². The molecule has 1 aliphatic heterocycles. The molecule has 1 fully saturated rings. The summed E-state index contributed by atoms with van der Waals surface area (Å²) in [6, 6.07) is 13.1. The monoisotopic (exact) mass is 308 g/mol. The lowest BCUT2D eigenvalue weighted by molar-refractivity contribution is 0.326. The van der Waals surface area contributed by atoms with Crippen molar-refractivity contribution in [2.24, 2.45) is 5.73 Å². The van der Waals surface area contributed by atoms with Gasteiger partial charge in [0.05, 0.1) is 0 Å². The summed E-state index contributed by atoms with van der Waals surface area (Å²) in [6.07, 6.45) is 0. The molecule has 1 aromatic heterocycles. The first-order valence-electron chi connectivity index (χ1n) is 6.80. The zero-order valence-electron chi connectivity index (χ0n) is 11.7. The summed E-state index contributed by atoms with van der Waals surface area (Å²) in [5.74, 6) is 0.474. The maximum Gasteiger partial charge on any atom is 0.0331 e. The van der Waals surface area contributed by atoms with E-state index in [0.29, 0.717) is 5.92 Å². The molecular formula is C16H21ClN2S. The first kappa shape index (κ1) is 15.5. The maximum atomic E-state index is 6.33. The number of halogens is 1.